The van der Waals surface area contributed by atoms with Crippen molar-refractivity contribution in [1.82, 2.24) is 9.55 Å². The van der Waals surface area contributed by atoms with Crippen molar-refractivity contribution in [1.29, 1.82) is 0 Å². The van der Waals surface area contributed by atoms with Crippen LogP contribution in [0.4, 0.5) is 10.1 Å². The second-order valence-corrected chi connectivity index (χ2v) is 6.22. The van der Waals surface area contributed by atoms with Gasteiger partial charge in [-0.3, -0.25) is 10.1 Å². The number of fused-ring (bicyclic) bond motifs is 1. The smallest absolute Gasteiger partial charge is 0.272 e. The molecule has 0 saturated carbocycles. The molecule has 0 spiro atoms. The minimum atomic E-state index is -0.734. The molecule has 3 aromatic rings. The van der Waals surface area contributed by atoms with Crippen molar-refractivity contribution in [3.63, 3.8) is 0 Å². The molecule has 2 aromatic carbocycles. The Hall–Kier alpha value is -3.22. The molecular formula is C19H16FN3O3. The molecule has 132 valence electrons. The van der Waals surface area contributed by atoms with E-state index in [4.69, 9.17) is 4.74 Å². The van der Waals surface area contributed by atoms with Crippen LogP contribution in [-0.4, -0.2) is 20.6 Å². The molecule has 0 N–H and O–H groups in total. The highest BCUT2D eigenvalue weighted by atomic mass is 19.1. The Morgan fingerprint density at radius 1 is 1.27 bits per heavy atom. The molecule has 4 rings (SSSR count). The van der Waals surface area contributed by atoms with E-state index in [1.807, 2.05) is 29.0 Å². The Morgan fingerprint density at radius 2 is 2.12 bits per heavy atom. The molecule has 2 atom stereocenters. The number of benzene rings is 2. The Bertz CT molecular complexity index is 943. The molecule has 0 saturated heterocycles. The topological polar surface area (TPSA) is 70.2 Å². The number of imidazole rings is 1. The Labute approximate surface area is 149 Å². The molecule has 0 fully saturated rings. The zero-order valence-corrected chi connectivity index (χ0v) is 13.8. The monoisotopic (exact) mass is 353 g/mol. The van der Waals surface area contributed by atoms with Gasteiger partial charge in [0.05, 0.1) is 23.4 Å². The zero-order valence-electron chi connectivity index (χ0n) is 13.8. The molecule has 0 unspecified atom stereocenters. The maximum Gasteiger partial charge on any atom is 0.272 e. The molecule has 0 radical (unpaired) electrons. The van der Waals surface area contributed by atoms with Crippen LogP contribution in [0.5, 0.6) is 5.75 Å². The number of nitro groups is 1. The van der Waals surface area contributed by atoms with Gasteiger partial charge < -0.3 is 9.30 Å². The first-order valence-corrected chi connectivity index (χ1v) is 8.29. The summed E-state index contributed by atoms with van der Waals surface area (Å²) in [4.78, 5) is 14.3. The van der Waals surface area contributed by atoms with Gasteiger partial charge in [-0.2, -0.15) is 0 Å². The van der Waals surface area contributed by atoms with Gasteiger partial charge in [-0.25, -0.2) is 9.37 Å². The van der Waals surface area contributed by atoms with Crippen molar-refractivity contribution in [3.05, 3.63) is 88.2 Å². The van der Waals surface area contributed by atoms with Gasteiger partial charge in [0, 0.05) is 18.5 Å². The van der Waals surface area contributed by atoms with E-state index in [1.54, 1.807) is 12.5 Å². The van der Waals surface area contributed by atoms with E-state index in [-0.39, 0.29) is 23.6 Å². The van der Waals surface area contributed by atoms with E-state index >= 15 is 0 Å². The number of halogens is 1. The van der Waals surface area contributed by atoms with Crippen LogP contribution in [0.3, 0.4) is 0 Å². The van der Waals surface area contributed by atoms with E-state index in [1.165, 1.54) is 17.7 Å². The molecule has 0 aliphatic heterocycles. The molecule has 7 heteroatoms. The maximum absolute atomic E-state index is 14.3. The highest BCUT2D eigenvalue weighted by Crippen LogP contribution is 2.36. The fourth-order valence-corrected chi connectivity index (χ4v) is 3.48. The minimum absolute atomic E-state index is 0.0186. The van der Waals surface area contributed by atoms with Crippen molar-refractivity contribution >= 4 is 5.69 Å². The van der Waals surface area contributed by atoms with Gasteiger partial charge in [-0.05, 0) is 30.0 Å². The number of ether oxygens (including phenoxy) is 1. The normalized spacial score (nSPS) is 19.0. The molecule has 1 aromatic heterocycles. The van der Waals surface area contributed by atoms with Crippen LogP contribution in [0.25, 0.3) is 0 Å². The van der Waals surface area contributed by atoms with Crippen molar-refractivity contribution < 1.29 is 14.1 Å². The summed E-state index contributed by atoms with van der Waals surface area (Å²) < 4.78 is 22.2. The van der Waals surface area contributed by atoms with Gasteiger partial charge >= 0.3 is 0 Å². The summed E-state index contributed by atoms with van der Waals surface area (Å²) in [7, 11) is 0. The van der Waals surface area contributed by atoms with E-state index in [0.717, 1.165) is 18.1 Å². The largest absolute Gasteiger partial charge is 0.485 e. The number of aryl methyl sites for hydroxylation is 1. The van der Waals surface area contributed by atoms with Crippen LogP contribution >= 0.6 is 0 Å². The first-order valence-electron chi connectivity index (χ1n) is 8.29. The number of non-ortho nitro benzene ring substituents is 1. The van der Waals surface area contributed by atoms with Gasteiger partial charge in [0.1, 0.15) is 6.10 Å². The minimum Gasteiger partial charge on any atom is -0.485 e. The second kappa shape index (κ2) is 6.59. The lowest BCUT2D eigenvalue weighted by Crippen LogP contribution is -2.34. The van der Waals surface area contributed by atoms with Crippen LogP contribution in [0, 0.1) is 15.9 Å². The lowest BCUT2D eigenvalue weighted by atomic mass is 9.85. The standard InChI is InChI=1S/C19H16FN3O3/c20-16-11-14(23(24)25)6-8-17(16)26-18-7-5-13-3-1-2-4-15(13)19(18)22-10-9-21-12-22/h1-4,6,8-12,18-19H,5,7H2/t18-,19-/m0/s1. The van der Waals surface area contributed by atoms with Gasteiger partial charge in [-0.15, -0.1) is 0 Å². The molecule has 1 aliphatic rings. The number of rotatable bonds is 4. The van der Waals surface area contributed by atoms with E-state index in [0.29, 0.717) is 6.42 Å². The summed E-state index contributed by atoms with van der Waals surface area (Å²) in [6, 6.07) is 11.4. The molecule has 26 heavy (non-hydrogen) atoms. The van der Waals surface area contributed by atoms with Crippen molar-refractivity contribution in [2.75, 3.05) is 0 Å². The first-order chi connectivity index (χ1) is 12.6. The number of hydrogen-bond acceptors (Lipinski definition) is 4. The zero-order chi connectivity index (χ0) is 18.1. The predicted octanol–water partition coefficient (Wildman–Crippen LogP) is 3.91. The first kappa shape index (κ1) is 16.3. The highest BCUT2D eigenvalue weighted by molar-refractivity contribution is 5.39. The molecule has 0 bridgehead atoms. The van der Waals surface area contributed by atoms with Crippen LogP contribution in [0.15, 0.2) is 61.2 Å². The second-order valence-electron chi connectivity index (χ2n) is 6.22. The maximum atomic E-state index is 14.3. The third-order valence-corrected chi connectivity index (χ3v) is 4.67. The fourth-order valence-electron chi connectivity index (χ4n) is 3.48. The van der Waals surface area contributed by atoms with Crippen molar-refractivity contribution in [3.8, 4) is 5.75 Å². The van der Waals surface area contributed by atoms with Crippen molar-refractivity contribution in [2.45, 2.75) is 25.0 Å². The average molecular weight is 353 g/mol. The van der Waals surface area contributed by atoms with Gasteiger partial charge in [0.2, 0.25) is 0 Å². The predicted molar refractivity (Wildman–Crippen MR) is 92.6 cm³/mol. The van der Waals surface area contributed by atoms with Crippen LogP contribution in [0.1, 0.15) is 23.6 Å². The summed E-state index contributed by atoms with van der Waals surface area (Å²) in [6.07, 6.45) is 6.48. The Morgan fingerprint density at radius 3 is 2.85 bits per heavy atom. The number of aromatic nitrogens is 2. The number of hydrogen-bond donors (Lipinski definition) is 0. The van der Waals surface area contributed by atoms with Gasteiger partial charge in [-0.1, -0.05) is 24.3 Å². The highest BCUT2D eigenvalue weighted by Gasteiger charge is 2.33. The van der Waals surface area contributed by atoms with Crippen LogP contribution in [0.2, 0.25) is 0 Å². The number of nitro benzene ring substituents is 1. The van der Waals surface area contributed by atoms with Crippen LogP contribution in [-0.2, 0) is 6.42 Å². The van der Waals surface area contributed by atoms with E-state index in [2.05, 4.69) is 11.1 Å². The summed E-state index contributed by atoms with van der Waals surface area (Å²) in [5.41, 5.74) is 2.05. The molecule has 1 aliphatic carbocycles. The number of nitrogens with zero attached hydrogens (tertiary/aromatic N) is 3. The molecule has 0 amide bonds. The lowest BCUT2D eigenvalue weighted by molar-refractivity contribution is -0.385. The third kappa shape index (κ3) is 2.92. The van der Waals surface area contributed by atoms with Gasteiger partial charge in [0.15, 0.2) is 11.6 Å². The summed E-state index contributed by atoms with van der Waals surface area (Å²) in [5.74, 6) is -0.715. The van der Waals surface area contributed by atoms with Crippen LogP contribution < -0.4 is 4.74 Å². The van der Waals surface area contributed by atoms with E-state index < -0.39 is 10.7 Å². The third-order valence-electron chi connectivity index (χ3n) is 4.67. The van der Waals surface area contributed by atoms with Gasteiger partial charge in [0.25, 0.3) is 5.69 Å². The SMILES string of the molecule is O=[N+]([O-])c1ccc(O[C@H]2CCc3ccccc3[C@@H]2n2ccnc2)c(F)c1. The Balaban J connectivity index is 1.69. The lowest BCUT2D eigenvalue weighted by Gasteiger charge is -2.34. The van der Waals surface area contributed by atoms with Crippen molar-refractivity contribution in [2.24, 2.45) is 0 Å². The van der Waals surface area contributed by atoms with E-state index in [9.17, 15) is 14.5 Å². The quantitative estimate of drug-likeness (QED) is 0.527. The summed E-state index contributed by atoms with van der Waals surface area (Å²) >= 11 is 0. The fraction of sp³-hybridized carbons (Fsp3) is 0.211. The average Bonchev–Trinajstić information content (AvgIpc) is 3.17. The summed E-state index contributed by atoms with van der Waals surface area (Å²) in [5, 5.41) is 10.8. The molecule has 6 nitrogen and oxygen atoms in total. The molecule has 1 heterocycles. The summed E-state index contributed by atoms with van der Waals surface area (Å²) in [6.45, 7) is 0. The Kier molecular flexibility index (Phi) is 4.12. The molecular weight excluding hydrogens is 337 g/mol.